The fraction of sp³-hybridized carbons (Fsp3) is 0.250. The molecule has 9 rings (SSSR count). The summed E-state index contributed by atoms with van der Waals surface area (Å²) in [5.74, 6) is -0.240. The van der Waals surface area contributed by atoms with Crippen LogP contribution in [0.1, 0.15) is 114 Å². The SMILES string of the molecule is CC1(C)OB(C2=CCc3ncc(Br)cc32)OC1(C)C.C[C@@H](NC(=O)c1ncc(Br)cn1)c1ccccc1.C[C@@H](NC(=O)c1ncc(C2=CCc3ncc(Br)cc32)cn1)c1ccccc1. The monoisotopic (exact) mass is 1050 g/mol. The van der Waals surface area contributed by atoms with Gasteiger partial charge in [0.15, 0.2) is 0 Å². The number of hydrogen-bond donors (Lipinski definition) is 2. The Hall–Kier alpha value is -5.26. The van der Waals surface area contributed by atoms with Crippen LogP contribution in [0, 0.1) is 0 Å². The largest absolute Gasteiger partial charge is 0.495 e. The zero-order chi connectivity index (χ0) is 45.6. The summed E-state index contributed by atoms with van der Waals surface area (Å²) in [6.07, 6.45) is 16.0. The lowest BCUT2D eigenvalue weighted by atomic mass is 9.75. The first kappa shape index (κ1) is 46.7. The molecule has 1 fully saturated rings. The molecule has 2 aliphatic carbocycles. The highest BCUT2D eigenvalue weighted by Gasteiger charge is 2.53. The molecule has 2 amide bonds. The molecule has 0 bridgehead atoms. The summed E-state index contributed by atoms with van der Waals surface area (Å²) in [5.41, 5.74) is 8.82. The van der Waals surface area contributed by atoms with Crippen molar-refractivity contribution >= 4 is 77.8 Å². The molecular formula is C48H46BBr3N8O4. The van der Waals surface area contributed by atoms with Gasteiger partial charge >= 0.3 is 7.12 Å². The van der Waals surface area contributed by atoms with Crippen molar-refractivity contribution in [2.75, 3.05) is 0 Å². The fourth-order valence-electron chi connectivity index (χ4n) is 7.02. The summed E-state index contributed by atoms with van der Waals surface area (Å²) in [7, 11) is -0.303. The van der Waals surface area contributed by atoms with Crippen molar-refractivity contribution in [3.63, 3.8) is 0 Å². The van der Waals surface area contributed by atoms with Crippen LogP contribution in [-0.4, -0.2) is 60.0 Å². The van der Waals surface area contributed by atoms with E-state index in [1.54, 1.807) is 31.0 Å². The van der Waals surface area contributed by atoms with Crippen LogP contribution in [0.15, 0.2) is 136 Å². The standard InChI is InChI=1S/C21H17BrN4O.C14H17BBrNO2.C13H12BrN3O/c1-13(14-5-3-2-4-6-14)26-21(27)20-24-10-15(11-25-20)17-7-8-19-18(17)9-16(22)12-23-19;1-13(2)14(3,4)19-15(18-13)11-5-6-12-10(11)7-9(16)8-17-12;1-9(10-5-3-2-4-6-10)17-13(18)12-15-7-11(14)8-16-12/h2-7,9-13H,8H2,1H3,(H,26,27);5,7-8H,6H2,1-4H3;2-9H,1H3,(H,17,18)/t13-;;9-/m1.1/s1. The predicted octanol–water partition coefficient (Wildman–Crippen LogP) is 10.3. The van der Waals surface area contributed by atoms with Crippen LogP contribution < -0.4 is 10.6 Å². The van der Waals surface area contributed by atoms with Gasteiger partial charge in [-0.25, -0.2) is 19.9 Å². The molecule has 1 aliphatic heterocycles. The second-order valence-corrected chi connectivity index (χ2v) is 19.0. The van der Waals surface area contributed by atoms with Crippen molar-refractivity contribution < 1.29 is 18.9 Å². The van der Waals surface area contributed by atoms with Crippen molar-refractivity contribution in [3.05, 3.63) is 186 Å². The van der Waals surface area contributed by atoms with Crippen molar-refractivity contribution in [1.82, 2.24) is 40.5 Å². The minimum Gasteiger partial charge on any atom is -0.399 e. The van der Waals surface area contributed by atoms with Crippen LogP contribution in [-0.2, 0) is 22.2 Å². The molecular weight excluding hydrogens is 1000 g/mol. The Labute approximate surface area is 398 Å². The second-order valence-electron chi connectivity index (χ2n) is 16.3. The topological polar surface area (TPSA) is 154 Å². The summed E-state index contributed by atoms with van der Waals surface area (Å²) in [6.45, 7) is 12.1. The molecule has 0 radical (unpaired) electrons. The highest BCUT2D eigenvalue weighted by atomic mass is 79.9. The van der Waals surface area contributed by atoms with Crippen LogP contribution >= 0.6 is 47.8 Å². The zero-order valence-electron chi connectivity index (χ0n) is 36.1. The first-order chi connectivity index (χ1) is 30.6. The minimum absolute atomic E-state index is 0.0778. The molecule has 5 heterocycles. The molecule has 1 saturated heterocycles. The van der Waals surface area contributed by atoms with Gasteiger partial charge in [-0.2, -0.15) is 0 Å². The average molecular weight is 1050 g/mol. The molecule has 6 aromatic rings. The number of amides is 2. The molecule has 326 valence electrons. The van der Waals surface area contributed by atoms with Gasteiger partial charge in [0.05, 0.1) is 39.1 Å². The van der Waals surface area contributed by atoms with Crippen LogP contribution in [0.25, 0.3) is 11.0 Å². The van der Waals surface area contributed by atoms with Gasteiger partial charge in [0.2, 0.25) is 11.6 Å². The third kappa shape index (κ3) is 11.2. The molecule has 64 heavy (non-hydrogen) atoms. The van der Waals surface area contributed by atoms with E-state index in [0.29, 0.717) is 0 Å². The molecule has 12 nitrogen and oxygen atoms in total. The lowest BCUT2D eigenvalue weighted by Gasteiger charge is -2.32. The summed E-state index contributed by atoms with van der Waals surface area (Å²) in [4.78, 5) is 49.7. The number of aromatic nitrogens is 6. The molecule has 4 aromatic heterocycles. The third-order valence-corrected chi connectivity index (χ3v) is 12.6. The maximum absolute atomic E-state index is 12.4. The third-order valence-electron chi connectivity index (χ3n) is 11.3. The number of benzene rings is 2. The second kappa shape index (κ2) is 20.3. The highest BCUT2D eigenvalue weighted by Crippen LogP contribution is 2.42. The quantitative estimate of drug-likeness (QED) is 0.141. The predicted molar refractivity (Wildman–Crippen MR) is 259 cm³/mol. The number of carbonyl (C=O) groups is 2. The van der Waals surface area contributed by atoms with E-state index >= 15 is 0 Å². The number of halogens is 3. The molecule has 16 heteroatoms. The van der Waals surface area contributed by atoms with Gasteiger partial charge in [-0.05, 0) is 129 Å². The molecule has 3 aliphatic rings. The number of nitrogens with zero attached hydrogens (tertiary/aromatic N) is 6. The summed E-state index contributed by atoms with van der Waals surface area (Å²) in [6, 6.07) is 23.5. The maximum atomic E-state index is 12.4. The van der Waals surface area contributed by atoms with Crippen LogP contribution in [0.3, 0.4) is 0 Å². The summed E-state index contributed by atoms with van der Waals surface area (Å²) >= 11 is 10.2. The maximum Gasteiger partial charge on any atom is 0.495 e. The Morgan fingerprint density at radius 2 is 1.02 bits per heavy atom. The highest BCUT2D eigenvalue weighted by molar-refractivity contribution is 9.11. The Kier molecular flexibility index (Phi) is 14.8. The van der Waals surface area contributed by atoms with Crippen molar-refractivity contribution in [2.45, 2.75) is 77.7 Å². The van der Waals surface area contributed by atoms with Gasteiger partial charge in [-0.15, -0.1) is 0 Å². The van der Waals surface area contributed by atoms with Gasteiger partial charge in [0, 0.05) is 70.1 Å². The van der Waals surface area contributed by atoms with Gasteiger partial charge < -0.3 is 19.9 Å². The smallest absolute Gasteiger partial charge is 0.399 e. The first-order valence-corrected chi connectivity index (χ1v) is 23.0. The lowest BCUT2D eigenvalue weighted by Crippen LogP contribution is -2.41. The molecule has 2 atom stereocenters. The van der Waals surface area contributed by atoms with E-state index in [1.165, 1.54) is 0 Å². The number of nitrogens with one attached hydrogen (secondary N) is 2. The Bertz CT molecular complexity index is 2670. The molecule has 0 saturated carbocycles. The van der Waals surface area contributed by atoms with Gasteiger partial charge in [0.25, 0.3) is 11.8 Å². The molecule has 2 aromatic carbocycles. The lowest BCUT2D eigenvalue weighted by molar-refractivity contribution is 0.00578. The van der Waals surface area contributed by atoms with E-state index in [9.17, 15) is 9.59 Å². The number of hydrogen-bond acceptors (Lipinski definition) is 10. The van der Waals surface area contributed by atoms with Gasteiger partial charge in [-0.1, -0.05) is 72.8 Å². The van der Waals surface area contributed by atoms with Crippen molar-refractivity contribution in [3.8, 4) is 0 Å². The fourth-order valence-corrected chi connectivity index (χ4v) is 7.89. The summed E-state index contributed by atoms with van der Waals surface area (Å²) in [5, 5.41) is 5.78. The number of carbonyl (C=O) groups excluding carboxylic acids is 2. The Morgan fingerprint density at radius 3 is 1.52 bits per heavy atom. The minimum atomic E-state index is -0.305. The number of fused-ring (bicyclic) bond motifs is 2. The van der Waals surface area contributed by atoms with E-state index < -0.39 is 0 Å². The van der Waals surface area contributed by atoms with E-state index in [0.717, 1.165) is 76.5 Å². The van der Waals surface area contributed by atoms with E-state index in [2.05, 4.69) is 134 Å². The van der Waals surface area contributed by atoms with Crippen LogP contribution in [0.5, 0.6) is 0 Å². The van der Waals surface area contributed by atoms with E-state index in [1.807, 2.05) is 86.8 Å². The van der Waals surface area contributed by atoms with Gasteiger partial charge in [0.1, 0.15) is 0 Å². The first-order valence-electron chi connectivity index (χ1n) is 20.7. The molecule has 0 unspecified atom stereocenters. The van der Waals surface area contributed by atoms with Crippen molar-refractivity contribution in [2.24, 2.45) is 0 Å². The van der Waals surface area contributed by atoms with Gasteiger partial charge in [-0.3, -0.25) is 19.6 Å². The Morgan fingerprint density at radius 1 is 0.594 bits per heavy atom. The zero-order valence-corrected chi connectivity index (χ0v) is 40.9. The van der Waals surface area contributed by atoms with Crippen molar-refractivity contribution in [1.29, 1.82) is 0 Å². The van der Waals surface area contributed by atoms with Crippen LogP contribution in [0.4, 0.5) is 0 Å². The molecule has 2 N–H and O–H groups in total. The number of pyridine rings is 2. The number of rotatable bonds is 8. The average Bonchev–Trinajstić information content (AvgIpc) is 3.97. The van der Waals surface area contributed by atoms with E-state index in [4.69, 9.17) is 9.31 Å². The number of allylic oxidation sites excluding steroid dienone is 2. The molecule has 0 spiro atoms. The van der Waals surface area contributed by atoms with Crippen LogP contribution in [0.2, 0.25) is 0 Å². The van der Waals surface area contributed by atoms with E-state index in [-0.39, 0.29) is 53.9 Å². The summed E-state index contributed by atoms with van der Waals surface area (Å²) < 4.78 is 14.9. The normalized spacial score (nSPS) is 16.0. The Balaban J connectivity index is 0.000000148.